The summed E-state index contributed by atoms with van der Waals surface area (Å²) in [5, 5.41) is 0. The van der Waals surface area contributed by atoms with Crippen LogP contribution >= 0.6 is 0 Å². The molecule has 0 atom stereocenters. The predicted molar refractivity (Wildman–Crippen MR) is 229 cm³/mol. The van der Waals surface area contributed by atoms with Crippen LogP contribution in [0.4, 0.5) is 34.1 Å². The Bertz CT molecular complexity index is 2250. The largest absolute Gasteiger partial charge is 0.472 e. The lowest BCUT2D eigenvalue weighted by molar-refractivity contribution is 0.282. The third kappa shape index (κ3) is 5.61. The Morgan fingerprint density at radius 1 is 0.566 bits per heavy atom. The third-order valence-corrected chi connectivity index (χ3v) is 12.5. The van der Waals surface area contributed by atoms with Crippen molar-refractivity contribution >= 4 is 57.4 Å². The minimum atomic E-state index is -0.0690. The molecule has 3 nitrogen and oxygen atoms in total. The van der Waals surface area contributed by atoms with Crippen LogP contribution in [-0.4, -0.2) is 6.71 Å². The summed E-state index contributed by atoms with van der Waals surface area (Å²) in [5.74, 6) is 1.16. The van der Waals surface area contributed by atoms with Crippen LogP contribution in [-0.2, 0) is 27.1 Å². The Morgan fingerprint density at radius 2 is 1.04 bits per heavy atom. The molecule has 3 heterocycles. The van der Waals surface area contributed by atoms with Gasteiger partial charge in [-0.25, -0.2) is 0 Å². The number of nitrogens with zero attached hydrogens (tertiary/aromatic N) is 2. The van der Waals surface area contributed by atoms with Gasteiger partial charge in [0, 0.05) is 39.4 Å². The molecule has 53 heavy (non-hydrogen) atoms. The number of benzene rings is 4. The Hall–Kier alpha value is -4.18. The van der Waals surface area contributed by atoms with E-state index in [2.05, 4.69) is 186 Å². The van der Waals surface area contributed by atoms with E-state index in [4.69, 9.17) is 4.42 Å². The van der Waals surface area contributed by atoms with Crippen molar-refractivity contribution in [1.82, 2.24) is 0 Å². The van der Waals surface area contributed by atoms with Crippen molar-refractivity contribution in [3.8, 4) is 0 Å². The van der Waals surface area contributed by atoms with Gasteiger partial charge in [0.1, 0.15) is 5.76 Å². The van der Waals surface area contributed by atoms with Crippen LogP contribution in [0.25, 0.3) is 0 Å². The van der Waals surface area contributed by atoms with Gasteiger partial charge in [0.05, 0.1) is 11.3 Å². The van der Waals surface area contributed by atoms with Gasteiger partial charge in [0.15, 0.2) is 0 Å². The summed E-state index contributed by atoms with van der Waals surface area (Å²) in [5.41, 5.74) is 17.8. The first-order valence-electron chi connectivity index (χ1n) is 19.9. The lowest BCUT2D eigenvalue weighted by Crippen LogP contribution is -2.61. The summed E-state index contributed by atoms with van der Waals surface area (Å²) in [6.45, 7) is 32.6. The molecule has 8 rings (SSSR count). The summed E-state index contributed by atoms with van der Waals surface area (Å²) in [6, 6.07) is 30.7. The molecule has 2 aliphatic heterocycles. The van der Waals surface area contributed by atoms with Gasteiger partial charge < -0.3 is 14.2 Å². The average Bonchev–Trinajstić information content (AvgIpc) is 3.48. The monoisotopic (exact) mass is 702 g/mol. The van der Waals surface area contributed by atoms with E-state index in [9.17, 15) is 0 Å². The minimum absolute atomic E-state index is 0.00465. The second kappa shape index (κ2) is 11.4. The van der Waals surface area contributed by atoms with Crippen molar-refractivity contribution in [2.75, 3.05) is 9.80 Å². The zero-order valence-corrected chi connectivity index (χ0v) is 34.8. The second-order valence-electron chi connectivity index (χ2n) is 20.7. The number of furan rings is 1. The van der Waals surface area contributed by atoms with Gasteiger partial charge in [-0.2, -0.15) is 0 Å². The van der Waals surface area contributed by atoms with E-state index in [-0.39, 0.29) is 33.8 Å². The Morgan fingerprint density at radius 3 is 1.57 bits per heavy atom. The lowest BCUT2D eigenvalue weighted by atomic mass is 9.35. The topological polar surface area (TPSA) is 19.6 Å². The zero-order chi connectivity index (χ0) is 38.2. The predicted octanol–water partition coefficient (Wildman–Crippen LogP) is 11.9. The molecular formula is C49H59BN2O. The van der Waals surface area contributed by atoms with E-state index in [0.29, 0.717) is 0 Å². The average molecular weight is 703 g/mol. The van der Waals surface area contributed by atoms with Gasteiger partial charge >= 0.3 is 0 Å². The summed E-state index contributed by atoms with van der Waals surface area (Å²) in [7, 11) is 0. The van der Waals surface area contributed by atoms with Crippen LogP contribution < -0.4 is 26.4 Å². The lowest BCUT2D eigenvalue weighted by Gasteiger charge is -2.44. The normalized spacial score (nSPS) is 17.3. The summed E-state index contributed by atoms with van der Waals surface area (Å²) in [6.07, 6.45) is 2.22. The number of aryl methyl sites for hydroxylation is 1. The van der Waals surface area contributed by atoms with Crippen molar-refractivity contribution in [2.24, 2.45) is 0 Å². The molecule has 0 bridgehead atoms. The maximum absolute atomic E-state index is 7.50. The molecule has 274 valence electrons. The molecule has 0 N–H and O–H groups in total. The Kier molecular flexibility index (Phi) is 7.72. The van der Waals surface area contributed by atoms with E-state index in [1.807, 2.05) is 0 Å². The van der Waals surface area contributed by atoms with Crippen LogP contribution in [0, 0.1) is 6.92 Å². The second-order valence-corrected chi connectivity index (χ2v) is 20.7. The van der Waals surface area contributed by atoms with E-state index in [1.165, 1.54) is 72.9 Å². The van der Waals surface area contributed by atoms with Crippen molar-refractivity contribution in [3.05, 3.63) is 112 Å². The van der Waals surface area contributed by atoms with E-state index >= 15 is 0 Å². The minimum Gasteiger partial charge on any atom is -0.472 e. The fourth-order valence-corrected chi connectivity index (χ4v) is 9.15. The van der Waals surface area contributed by atoms with Gasteiger partial charge in [-0.15, -0.1) is 0 Å². The van der Waals surface area contributed by atoms with Gasteiger partial charge in [-0.3, -0.25) is 0 Å². The maximum Gasteiger partial charge on any atom is 0.297 e. The summed E-state index contributed by atoms with van der Waals surface area (Å²) in [4.78, 5) is 5.11. The van der Waals surface area contributed by atoms with Gasteiger partial charge in [-0.1, -0.05) is 126 Å². The number of hydrogen-bond donors (Lipinski definition) is 0. The number of anilines is 6. The van der Waals surface area contributed by atoms with Crippen LogP contribution in [0.3, 0.4) is 0 Å². The van der Waals surface area contributed by atoms with Crippen LogP contribution in [0.5, 0.6) is 0 Å². The fraction of sp³-hybridized carbons (Fsp3) is 0.429. The molecular weight excluding hydrogens is 643 g/mol. The van der Waals surface area contributed by atoms with Gasteiger partial charge in [-0.05, 0) is 117 Å². The molecule has 0 amide bonds. The first kappa shape index (κ1) is 35.8. The van der Waals surface area contributed by atoms with Crippen molar-refractivity contribution in [2.45, 2.75) is 137 Å². The van der Waals surface area contributed by atoms with E-state index in [0.717, 1.165) is 24.3 Å². The number of hydrogen-bond acceptors (Lipinski definition) is 3. The molecule has 3 aliphatic rings. The molecule has 0 saturated heterocycles. The SMILES string of the molecule is Cc1cc2c3c(c1)N(c1ccc(C(C)(C)C)cc1)c1c(oc4c1C(C)(C)CCC4(C)C)B3c1cc(C(C)(C)C)ccc1N2c1ccc(C(C)(C)C)cc1. The van der Waals surface area contributed by atoms with E-state index < -0.39 is 0 Å². The highest BCUT2D eigenvalue weighted by Gasteiger charge is 2.52. The van der Waals surface area contributed by atoms with Crippen LogP contribution in [0.1, 0.15) is 136 Å². The first-order valence-corrected chi connectivity index (χ1v) is 19.9. The Labute approximate surface area is 319 Å². The van der Waals surface area contributed by atoms with Gasteiger partial charge in [0.25, 0.3) is 6.71 Å². The first-order chi connectivity index (χ1) is 24.6. The molecule has 4 aromatic carbocycles. The molecule has 0 unspecified atom stereocenters. The zero-order valence-electron chi connectivity index (χ0n) is 34.8. The van der Waals surface area contributed by atoms with Crippen molar-refractivity contribution in [3.63, 3.8) is 0 Å². The maximum atomic E-state index is 7.50. The fourth-order valence-electron chi connectivity index (χ4n) is 9.15. The molecule has 0 spiro atoms. The number of fused-ring (bicyclic) bond motifs is 6. The highest BCUT2D eigenvalue weighted by Crippen LogP contribution is 2.54. The van der Waals surface area contributed by atoms with Gasteiger partial charge in [0.2, 0.25) is 0 Å². The molecule has 1 aliphatic carbocycles. The summed E-state index contributed by atoms with van der Waals surface area (Å²) >= 11 is 0. The standard InChI is InChI=1S/C49H59BN2O/c1-30-27-38-41-39(28-30)52(35-22-17-32(18-23-35)46(5,6)7)42-40-43(49(13,14)26-25-48(40,11)12)53-44(42)50(41)36-29-33(47(8,9)10)19-24-37(36)51(38)34-20-15-31(16-21-34)45(2,3)4/h15-24,27-29H,25-26H2,1-14H3. The third-order valence-electron chi connectivity index (χ3n) is 12.5. The smallest absolute Gasteiger partial charge is 0.297 e. The highest BCUT2D eigenvalue weighted by atomic mass is 16.3. The quantitative estimate of drug-likeness (QED) is 0.167. The highest BCUT2D eigenvalue weighted by molar-refractivity contribution is 6.99. The molecule has 4 heteroatoms. The number of rotatable bonds is 2. The molecule has 0 radical (unpaired) electrons. The van der Waals surface area contributed by atoms with Crippen molar-refractivity contribution in [1.29, 1.82) is 0 Å². The summed E-state index contributed by atoms with van der Waals surface area (Å²) < 4.78 is 7.50. The Balaban J connectivity index is 1.49. The molecule has 0 saturated carbocycles. The van der Waals surface area contributed by atoms with Crippen LogP contribution in [0.2, 0.25) is 0 Å². The van der Waals surface area contributed by atoms with Crippen molar-refractivity contribution < 1.29 is 4.42 Å². The van der Waals surface area contributed by atoms with Crippen LogP contribution in [0.15, 0.2) is 83.3 Å². The van der Waals surface area contributed by atoms with E-state index in [1.54, 1.807) is 0 Å². The molecule has 1 aromatic heterocycles. The molecule has 5 aromatic rings. The molecule has 0 fully saturated rings.